The number of ether oxygens (including phenoxy) is 2. The highest BCUT2D eigenvalue weighted by Crippen LogP contribution is 2.13. The Balaban J connectivity index is 2.52. The molecule has 0 radical (unpaired) electrons. The Hall–Kier alpha value is -2.18. The molecular weight excluding hydrogens is 308 g/mol. The Morgan fingerprint density at radius 1 is 1.18 bits per heavy atom. The summed E-state index contributed by atoms with van der Waals surface area (Å²) in [6.07, 6.45) is 1.65. The Bertz CT molecular complexity index is 661. The quantitative estimate of drug-likeness (QED) is 0.195. The monoisotopic (exact) mass is 326 g/mol. The van der Waals surface area contributed by atoms with Crippen molar-refractivity contribution in [2.24, 2.45) is 0 Å². The molecule has 0 fully saturated rings. The highest BCUT2D eigenvalue weighted by atomic mass is 32.2. The van der Waals surface area contributed by atoms with Gasteiger partial charge in [-0.25, -0.2) is 13.2 Å². The Morgan fingerprint density at radius 2 is 1.82 bits per heavy atom. The maximum atomic E-state index is 11.8. The molecule has 0 aliphatic rings. The molecule has 0 atom stereocenters. The Morgan fingerprint density at radius 3 is 2.32 bits per heavy atom. The molecule has 0 amide bonds. The van der Waals surface area contributed by atoms with Crippen molar-refractivity contribution in [1.82, 2.24) is 0 Å². The van der Waals surface area contributed by atoms with E-state index in [1.807, 2.05) is 24.3 Å². The van der Waals surface area contributed by atoms with Gasteiger partial charge in [-0.2, -0.15) is 0 Å². The van der Waals surface area contributed by atoms with Gasteiger partial charge < -0.3 is 15.0 Å². The molecule has 0 N–H and O–H groups in total. The van der Waals surface area contributed by atoms with E-state index in [0.29, 0.717) is 19.3 Å². The molecule has 22 heavy (non-hydrogen) atoms. The lowest BCUT2D eigenvalue weighted by atomic mass is 10.1. The number of hydrogen-bond acceptors (Lipinski definition) is 5. The number of rotatable bonds is 6. The number of unbranched alkanes of at least 4 members (excludes halogenated alkanes) is 1. The highest BCUT2D eigenvalue weighted by Gasteiger charge is 2.36. The number of carbonyl (C=O) groups excluding carboxylic acids is 1. The topological polar surface area (TPSA) is 106 Å². The van der Waals surface area contributed by atoms with Gasteiger partial charge in [0.05, 0.1) is 20.0 Å². The molecule has 0 unspecified atom stereocenters. The summed E-state index contributed by atoms with van der Waals surface area (Å²) in [4.78, 5) is 13.7. The van der Waals surface area contributed by atoms with Gasteiger partial charge in [-0.1, -0.05) is 12.1 Å². The summed E-state index contributed by atoms with van der Waals surface area (Å²) in [7, 11) is -1.34. The van der Waals surface area contributed by atoms with Gasteiger partial charge in [0.1, 0.15) is 5.75 Å². The minimum Gasteiger partial charge on any atom is -0.497 e. The third-order valence-corrected chi connectivity index (χ3v) is 4.70. The minimum absolute atomic E-state index is 0.280. The molecule has 0 aromatic heterocycles. The van der Waals surface area contributed by atoms with Gasteiger partial charge in [0.25, 0.3) is 9.84 Å². The van der Waals surface area contributed by atoms with E-state index in [9.17, 15) is 13.2 Å². The van der Waals surface area contributed by atoms with Crippen molar-refractivity contribution in [3.05, 3.63) is 35.4 Å². The summed E-state index contributed by atoms with van der Waals surface area (Å²) in [5.74, 6) is -0.691. The maximum absolute atomic E-state index is 11.8. The number of nitrogens with zero attached hydrogens (tertiary/aromatic N) is 2. The standard InChI is InChI=1S/C14H18N2O5S/c1-20-12-8-6-11(7-9-12)5-3-4-10-22(18,19)13(16-15)14(17)21-2/h6-9H,3-5,10H2,1-2H3. The van der Waals surface area contributed by atoms with E-state index in [-0.39, 0.29) is 5.75 Å². The fourth-order valence-electron chi connectivity index (χ4n) is 1.83. The summed E-state index contributed by atoms with van der Waals surface area (Å²) in [5, 5.41) is -0.959. The average Bonchev–Trinajstić information content (AvgIpc) is 2.52. The summed E-state index contributed by atoms with van der Waals surface area (Å²) < 4.78 is 33.0. The SMILES string of the molecule is COC(=O)C(=[N+]=[N-])S(=O)(=O)CCCCc1ccc(OC)cc1. The van der Waals surface area contributed by atoms with E-state index >= 15 is 0 Å². The summed E-state index contributed by atoms with van der Waals surface area (Å²) in [5.41, 5.74) is 9.70. The molecule has 7 nitrogen and oxygen atoms in total. The number of hydrogen-bond donors (Lipinski definition) is 0. The fraction of sp³-hybridized carbons (Fsp3) is 0.429. The first-order chi connectivity index (χ1) is 10.4. The number of benzene rings is 1. The summed E-state index contributed by atoms with van der Waals surface area (Å²) >= 11 is 0. The normalized spacial score (nSPS) is 10.6. The van der Waals surface area contributed by atoms with Crippen LogP contribution in [0.4, 0.5) is 0 Å². The van der Waals surface area contributed by atoms with Crippen molar-refractivity contribution >= 4 is 20.9 Å². The second-order valence-corrected chi connectivity index (χ2v) is 6.55. The highest BCUT2D eigenvalue weighted by molar-refractivity contribution is 8.07. The predicted octanol–water partition coefficient (Wildman–Crippen LogP) is 1.23. The Kier molecular flexibility index (Phi) is 6.75. The van der Waals surface area contributed by atoms with Crippen LogP contribution in [-0.2, 0) is 25.8 Å². The molecule has 1 aromatic carbocycles. The zero-order valence-corrected chi connectivity index (χ0v) is 13.3. The van der Waals surface area contributed by atoms with Crippen LogP contribution >= 0.6 is 0 Å². The number of methoxy groups -OCH3 is 2. The van der Waals surface area contributed by atoms with Crippen LogP contribution in [0, 0.1) is 0 Å². The van der Waals surface area contributed by atoms with Crippen LogP contribution in [-0.4, -0.2) is 44.2 Å². The van der Waals surface area contributed by atoms with Crippen molar-refractivity contribution in [3.8, 4) is 5.75 Å². The van der Waals surface area contributed by atoms with E-state index in [2.05, 4.69) is 9.53 Å². The number of aryl methyl sites for hydroxylation is 1. The lowest BCUT2D eigenvalue weighted by Gasteiger charge is -2.03. The van der Waals surface area contributed by atoms with Crippen LogP contribution in [0.25, 0.3) is 5.53 Å². The molecule has 1 rings (SSSR count). The van der Waals surface area contributed by atoms with E-state index in [1.165, 1.54) is 0 Å². The first-order valence-corrected chi connectivity index (χ1v) is 8.26. The third kappa shape index (κ3) is 4.98. The average molecular weight is 326 g/mol. The molecule has 0 aliphatic heterocycles. The van der Waals surface area contributed by atoms with Gasteiger partial charge in [-0.05, 0) is 37.0 Å². The third-order valence-electron chi connectivity index (χ3n) is 3.03. The zero-order valence-electron chi connectivity index (χ0n) is 12.5. The minimum atomic E-state index is -3.94. The Labute approximate surface area is 129 Å². The van der Waals surface area contributed by atoms with Crippen LogP contribution < -0.4 is 4.74 Å². The van der Waals surface area contributed by atoms with E-state index in [4.69, 9.17) is 10.3 Å². The second-order valence-electron chi connectivity index (χ2n) is 4.52. The van der Waals surface area contributed by atoms with Crippen LogP contribution in [0.15, 0.2) is 24.3 Å². The van der Waals surface area contributed by atoms with Crippen LogP contribution in [0.3, 0.4) is 0 Å². The first kappa shape index (κ1) is 17.9. The van der Waals surface area contributed by atoms with Gasteiger partial charge in [-0.15, -0.1) is 4.79 Å². The van der Waals surface area contributed by atoms with E-state index in [1.54, 1.807) is 7.11 Å². The fourth-order valence-corrected chi connectivity index (χ4v) is 3.07. The summed E-state index contributed by atoms with van der Waals surface area (Å²) in [6, 6.07) is 7.48. The molecule has 0 heterocycles. The molecule has 1 aromatic rings. The maximum Gasteiger partial charge on any atom is 0.488 e. The largest absolute Gasteiger partial charge is 0.497 e. The molecule has 0 spiro atoms. The van der Waals surface area contributed by atoms with Crippen molar-refractivity contribution in [3.63, 3.8) is 0 Å². The van der Waals surface area contributed by atoms with Crippen molar-refractivity contribution in [1.29, 1.82) is 0 Å². The first-order valence-electron chi connectivity index (χ1n) is 6.60. The second kappa shape index (κ2) is 8.31. The number of esters is 1. The van der Waals surface area contributed by atoms with Crippen molar-refractivity contribution in [2.45, 2.75) is 19.3 Å². The van der Waals surface area contributed by atoms with Gasteiger partial charge >= 0.3 is 11.0 Å². The smallest absolute Gasteiger partial charge is 0.488 e. The van der Waals surface area contributed by atoms with Crippen LogP contribution in [0.1, 0.15) is 18.4 Å². The number of sulfone groups is 1. The van der Waals surface area contributed by atoms with Crippen molar-refractivity contribution < 1.29 is 27.5 Å². The number of carbonyl (C=O) groups is 1. The lowest BCUT2D eigenvalue weighted by Crippen LogP contribution is -2.28. The van der Waals surface area contributed by atoms with Gasteiger partial charge in [-0.3, -0.25) is 0 Å². The van der Waals surface area contributed by atoms with Crippen LogP contribution in [0.2, 0.25) is 0 Å². The molecule has 120 valence electrons. The molecule has 8 heteroatoms. The molecule has 0 saturated carbocycles. The molecule has 0 aliphatic carbocycles. The zero-order chi connectivity index (χ0) is 16.6. The van der Waals surface area contributed by atoms with Gasteiger partial charge in [0.2, 0.25) is 0 Å². The summed E-state index contributed by atoms with van der Waals surface area (Å²) in [6.45, 7) is 0. The van der Waals surface area contributed by atoms with Crippen molar-refractivity contribution in [2.75, 3.05) is 20.0 Å². The molecule has 0 saturated heterocycles. The van der Waals surface area contributed by atoms with Crippen LogP contribution in [0.5, 0.6) is 5.75 Å². The van der Waals surface area contributed by atoms with Gasteiger partial charge in [0, 0.05) is 0 Å². The molecular formula is C14H18N2O5S. The van der Waals surface area contributed by atoms with E-state index in [0.717, 1.165) is 18.4 Å². The predicted molar refractivity (Wildman–Crippen MR) is 80.4 cm³/mol. The van der Waals surface area contributed by atoms with Gasteiger partial charge in [0.15, 0.2) is 0 Å². The molecule has 0 bridgehead atoms. The van der Waals surface area contributed by atoms with E-state index < -0.39 is 20.9 Å². The lowest BCUT2D eigenvalue weighted by molar-refractivity contribution is -0.136.